The third kappa shape index (κ3) is 3.06. The predicted octanol–water partition coefficient (Wildman–Crippen LogP) is 4.25. The molecule has 4 heterocycles. The summed E-state index contributed by atoms with van der Waals surface area (Å²) in [7, 11) is 0. The number of allylic oxidation sites excluding steroid dienone is 1. The van der Waals surface area contributed by atoms with Crippen molar-refractivity contribution in [3.05, 3.63) is 98.8 Å². The first-order chi connectivity index (χ1) is 16.7. The van der Waals surface area contributed by atoms with Crippen molar-refractivity contribution in [3.63, 3.8) is 0 Å². The Hall–Kier alpha value is -3.05. The van der Waals surface area contributed by atoms with Crippen LogP contribution >= 0.6 is 11.3 Å². The average Bonchev–Trinajstić information content (AvgIpc) is 3.57. The molecule has 7 rings (SSSR count). The summed E-state index contributed by atoms with van der Waals surface area (Å²) in [5.41, 5.74) is 2.48. The van der Waals surface area contributed by atoms with Crippen molar-refractivity contribution < 1.29 is 9.59 Å². The zero-order valence-corrected chi connectivity index (χ0v) is 21.8. The van der Waals surface area contributed by atoms with E-state index in [1.165, 1.54) is 14.6 Å². The van der Waals surface area contributed by atoms with Crippen molar-refractivity contribution in [1.82, 2.24) is 4.98 Å². The van der Waals surface area contributed by atoms with E-state index in [1.54, 1.807) is 17.4 Å². The molecule has 0 bridgehead atoms. The van der Waals surface area contributed by atoms with Gasteiger partial charge in [0, 0.05) is 0 Å². The molecule has 0 saturated heterocycles. The standard InChI is InChI=1S/C27H14N2O2SSe2/c30-25-18-10-15-13-32-14-16(15)11-19(18)26(31)20(25)12-17-7-8-24(33-17)29-21-4-1-2-5-22(21)34-23-6-3-9-28-27(23)29/h1-14H. The van der Waals surface area contributed by atoms with Crippen LogP contribution in [-0.2, 0) is 0 Å². The van der Waals surface area contributed by atoms with Gasteiger partial charge in [-0.25, -0.2) is 0 Å². The molecule has 1 aliphatic carbocycles. The van der Waals surface area contributed by atoms with Crippen LogP contribution in [0.1, 0.15) is 25.2 Å². The van der Waals surface area contributed by atoms with Crippen LogP contribution in [0.2, 0.25) is 0 Å². The monoisotopic (exact) mass is 590 g/mol. The van der Waals surface area contributed by atoms with Gasteiger partial charge in [-0.05, 0) is 0 Å². The van der Waals surface area contributed by atoms with E-state index in [4.69, 9.17) is 4.98 Å². The van der Waals surface area contributed by atoms with Gasteiger partial charge < -0.3 is 0 Å². The Balaban J connectivity index is 1.30. The molecule has 0 radical (unpaired) electrons. The minimum atomic E-state index is -0.170. The molecule has 3 aromatic heterocycles. The second-order valence-electron chi connectivity index (χ2n) is 8.02. The third-order valence-corrected chi connectivity index (χ3v) is 11.2. The number of anilines is 3. The Morgan fingerprint density at radius 1 is 0.853 bits per heavy atom. The van der Waals surface area contributed by atoms with Gasteiger partial charge in [-0.15, -0.1) is 0 Å². The molecule has 7 heteroatoms. The van der Waals surface area contributed by atoms with E-state index in [2.05, 4.69) is 41.3 Å². The summed E-state index contributed by atoms with van der Waals surface area (Å²) in [6, 6.07) is 20.5. The molecule has 0 fully saturated rings. The van der Waals surface area contributed by atoms with Crippen molar-refractivity contribution in [2.75, 3.05) is 4.90 Å². The number of Topliss-reactive ketones (excluding diaryl/α,β-unsaturated/α-hetero) is 2. The van der Waals surface area contributed by atoms with Crippen LogP contribution in [0.3, 0.4) is 0 Å². The van der Waals surface area contributed by atoms with Crippen molar-refractivity contribution in [1.29, 1.82) is 0 Å². The van der Waals surface area contributed by atoms with Crippen LogP contribution in [0.15, 0.2) is 83.2 Å². The van der Waals surface area contributed by atoms with Gasteiger partial charge in [0.2, 0.25) is 0 Å². The number of nitrogens with zero attached hydrogens (tertiary/aromatic N) is 2. The number of fused-ring (bicyclic) bond motifs is 4. The van der Waals surface area contributed by atoms with Crippen LogP contribution in [0.25, 0.3) is 16.8 Å². The number of pyridine rings is 1. The van der Waals surface area contributed by atoms with Crippen molar-refractivity contribution in [2.45, 2.75) is 0 Å². The zero-order chi connectivity index (χ0) is 22.8. The molecule has 0 N–H and O–H groups in total. The molecule has 0 atom stereocenters. The van der Waals surface area contributed by atoms with Gasteiger partial charge in [0.05, 0.1) is 0 Å². The topological polar surface area (TPSA) is 50.3 Å². The summed E-state index contributed by atoms with van der Waals surface area (Å²) < 4.78 is 4.75. The number of hydrogen-bond acceptors (Lipinski definition) is 5. The average molecular weight is 588 g/mol. The van der Waals surface area contributed by atoms with Gasteiger partial charge in [-0.2, -0.15) is 0 Å². The van der Waals surface area contributed by atoms with E-state index >= 15 is 0 Å². The maximum absolute atomic E-state index is 13.1. The minimum absolute atomic E-state index is 0.0610. The Bertz CT molecular complexity index is 1600. The molecule has 2 aliphatic rings. The number of benzene rings is 2. The van der Waals surface area contributed by atoms with Crippen LogP contribution in [-0.4, -0.2) is 46.0 Å². The molecular weight excluding hydrogens is 574 g/mol. The third-order valence-electron chi connectivity index (χ3n) is 6.00. The quantitative estimate of drug-likeness (QED) is 0.173. The number of carbonyl (C=O) groups is 2. The fourth-order valence-electron chi connectivity index (χ4n) is 4.41. The first kappa shape index (κ1) is 20.3. The molecule has 162 valence electrons. The van der Waals surface area contributed by atoms with Crippen LogP contribution < -0.4 is 13.8 Å². The predicted molar refractivity (Wildman–Crippen MR) is 139 cm³/mol. The van der Waals surface area contributed by atoms with E-state index in [9.17, 15) is 9.59 Å². The number of aromatic nitrogens is 1. The molecule has 0 unspecified atom stereocenters. The van der Waals surface area contributed by atoms with E-state index in [0.29, 0.717) is 11.1 Å². The number of para-hydroxylation sites is 1. The molecule has 0 saturated carbocycles. The summed E-state index contributed by atoms with van der Waals surface area (Å²) in [6.45, 7) is 0. The molecule has 2 aromatic carbocycles. The Labute approximate surface area is 211 Å². The van der Waals surface area contributed by atoms with Gasteiger partial charge in [0.15, 0.2) is 0 Å². The second-order valence-corrected chi connectivity index (χ2v) is 13.3. The van der Waals surface area contributed by atoms with E-state index in [0.717, 1.165) is 25.6 Å². The zero-order valence-electron chi connectivity index (χ0n) is 17.5. The number of hydrogen-bond donors (Lipinski definition) is 0. The number of ketones is 2. The van der Waals surface area contributed by atoms with Gasteiger partial charge in [-0.3, -0.25) is 0 Å². The first-order valence-corrected chi connectivity index (χ1v) is 15.0. The van der Waals surface area contributed by atoms with Crippen LogP contribution in [0.4, 0.5) is 16.1 Å². The number of thiophene rings is 1. The summed E-state index contributed by atoms with van der Waals surface area (Å²) in [5.74, 6) is 0.643. The van der Waals surface area contributed by atoms with Gasteiger partial charge in [-0.1, -0.05) is 0 Å². The summed E-state index contributed by atoms with van der Waals surface area (Å²) >= 11 is 1.73. The SMILES string of the molecule is O=C1C(=Cc2ccc(N3c4ccccc4[Se]c4cccnc43)[se]2)C(=O)c2cc3cscc3cc21. The Kier molecular flexibility index (Phi) is 4.63. The van der Waals surface area contributed by atoms with Crippen molar-refractivity contribution >= 4 is 94.2 Å². The first-order valence-electron chi connectivity index (χ1n) is 10.6. The van der Waals surface area contributed by atoms with Gasteiger partial charge >= 0.3 is 212 Å². The maximum atomic E-state index is 13.1. The molecule has 4 nitrogen and oxygen atoms in total. The molecule has 0 spiro atoms. The number of carbonyl (C=O) groups excluding carboxylic acids is 2. The fourth-order valence-corrected chi connectivity index (χ4v) is 9.37. The van der Waals surface area contributed by atoms with E-state index < -0.39 is 0 Å². The molecule has 1 aliphatic heterocycles. The van der Waals surface area contributed by atoms with Gasteiger partial charge in [0.25, 0.3) is 0 Å². The van der Waals surface area contributed by atoms with Crippen LogP contribution in [0.5, 0.6) is 0 Å². The van der Waals surface area contributed by atoms with Crippen molar-refractivity contribution in [2.24, 2.45) is 0 Å². The molecule has 34 heavy (non-hydrogen) atoms. The summed E-state index contributed by atoms with van der Waals surface area (Å²) in [6.07, 6.45) is 3.65. The Morgan fingerprint density at radius 3 is 2.38 bits per heavy atom. The second kappa shape index (κ2) is 7.74. The molecular formula is C27H14N2O2SSe2. The number of rotatable bonds is 2. The summed E-state index contributed by atoms with van der Waals surface area (Å²) in [5, 5.41) is 6.04. The molecule has 0 amide bonds. The van der Waals surface area contributed by atoms with Gasteiger partial charge in [0.1, 0.15) is 0 Å². The van der Waals surface area contributed by atoms with E-state index in [-0.39, 0.29) is 46.6 Å². The van der Waals surface area contributed by atoms with E-state index in [1.807, 2.05) is 41.2 Å². The normalized spacial score (nSPS) is 14.4. The summed E-state index contributed by atoms with van der Waals surface area (Å²) in [4.78, 5) is 33.2. The van der Waals surface area contributed by atoms with Crippen LogP contribution in [0, 0.1) is 0 Å². The fraction of sp³-hybridized carbons (Fsp3) is 0. The Morgan fingerprint density at radius 2 is 1.59 bits per heavy atom. The molecule has 5 aromatic rings. The van der Waals surface area contributed by atoms with Crippen molar-refractivity contribution in [3.8, 4) is 0 Å².